The van der Waals surface area contributed by atoms with E-state index in [4.69, 9.17) is 4.98 Å². The fourth-order valence-electron chi connectivity index (χ4n) is 2.86. The van der Waals surface area contributed by atoms with E-state index < -0.39 is 5.54 Å². The number of aromatic nitrogens is 3. The standard InChI is InChI=1S/C18H24N4O/c1-17(2,3)15-19-10-13-11-21(12-14(13)20-15)16(23)18(4,5)22-8-6-7-9-22/h6-10H,11-12H2,1-5H3. The average molecular weight is 312 g/mol. The largest absolute Gasteiger partial charge is 0.340 e. The van der Waals surface area contributed by atoms with E-state index in [1.165, 1.54) is 0 Å². The first-order valence-corrected chi connectivity index (χ1v) is 7.97. The topological polar surface area (TPSA) is 51.0 Å². The molecule has 2 aromatic heterocycles. The van der Waals surface area contributed by atoms with E-state index in [0.717, 1.165) is 17.1 Å². The highest BCUT2D eigenvalue weighted by atomic mass is 16.2. The first-order chi connectivity index (χ1) is 10.7. The van der Waals surface area contributed by atoms with E-state index in [9.17, 15) is 4.79 Å². The van der Waals surface area contributed by atoms with Crippen LogP contribution in [-0.4, -0.2) is 25.3 Å². The Morgan fingerprint density at radius 2 is 1.74 bits per heavy atom. The number of rotatable bonds is 2. The molecule has 5 heteroatoms. The van der Waals surface area contributed by atoms with Gasteiger partial charge in [-0.3, -0.25) is 4.79 Å². The third-order valence-electron chi connectivity index (χ3n) is 4.39. The van der Waals surface area contributed by atoms with E-state index in [0.29, 0.717) is 13.1 Å². The average Bonchev–Trinajstić information content (AvgIpc) is 3.13. The molecule has 0 bridgehead atoms. The lowest BCUT2D eigenvalue weighted by Crippen LogP contribution is -2.44. The second-order valence-corrected chi connectivity index (χ2v) is 7.73. The first-order valence-electron chi connectivity index (χ1n) is 7.97. The zero-order valence-electron chi connectivity index (χ0n) is 14.5. The molecule has 5 nitrogen and oxygen atoms in total. The normalized spacial score (nSPS) is 14.9. The van der Waals surface area contributed by atoms with Gasteiger partial charge >= 0.3 is 0 Å². The number of amides is 1. The molecular formula is C18H24N4O. The van der Waals surface area contributed by atoms with Gasteiger partial charge in [-0.05, 0) is 26.0 Å². The molecule has 0 unspecified atom stereocenters. The summed E-state index contributed by atoms with van der Waals surface area (Å²) in [6, 6.07) is 3.88. The molecule has 0 aromatic carbocycles. The molecule has 0 N–H and O–H groups in total. The summed E-state index contributed by atoms with van der Waals surface area (Å²) in [4.78, 5) is 24.0. The Labute approximate surface area is 137 Å². The fourth-order valence-corrected chi connectivity index (χ4v) is 2.86. The van der Waals surface area contributed by atoms with E-state index in [1.54, 1.807) is 0 Å². The maximum atomic E-state index is 13.0. The molecule has 122 valence electrons. The highest BCUT2D eigenvalue weighted by Crippen LogP contribution is 2.28. The Morgan fingerprint density at radius 3 is 2.35 bits per heavy atom. The number of carbonyl (C=O) groups excluding carboxylic acids is 1. The highest BCUT2D eigenvalue weighted by Gasteiger charge is 2.36. The van der Waals surface area contributed by atoms with Crippen molar-refractivity contribution >= 4 is 5.91 Å². The van der Waals surface area contributed by atoms with Crippen molar-refractivity contribution in [3.05, 3.63) is 47.8 Å². The second kappa shape index (κ2) is 5.18. The van der Waals surface area contributed by atoms with Gasteiger partial charge in [-0.2, -0.15) is 0 Å². The van der Waals surface area contributed by atoms with E-state index in [2.05, 4.69) is 25.8 Å². The van der Waals surface area contributed by atoms with Crippen molar-refractivity contribution in [2.45, 2.75) is 58.7 Å². The molecule has 2 aromatic rings. The molecule has 1 aliphatic heterocycles. The Kier molecular flexibility index (Phi) is 3.54. The third-order valence-corrected chi connectivity index (χ3v) is 4.39. The van der Waals surface area contributed by atoms with Crippen LogP contribution in [0.2, 0.25) is 0 Å². The summed E-state index contributed by atoms with van der Waals surface area (Å²) in [5.74, 6) is 0.930. The molecule has 0 aliphatic carbocycles. The SMILES string of the molecule is CC(C)(C)c1ncc2c(n1)CN(C(=O)C(C)(C)n1cccc1)C2. The molecule has 23 heavy (non-hydrogen) atoms. The van der Waals surface area contributed by atoms with Crippen LogP contribution in [0, 0.1) is 0 Å². The van der Waals surface area contributed by atoms with Gasteiger partial charge in [0.15, 0.2) is 0 Å². The molecule has 0 saturated heterocycles. The van der Waals surface area contributed by atoms with Gasteiger partial charge in [0.25, 0.3) is 0 Å². The predicted octanol–water partition coefficient (Wildman–Crippen LogP) is 2.85. The predicted molar refractivity (Wildman–Crippen MR) is 88.7 cm³/mol. The van der Waals surface area contributed by atoms with Gasteiger partial charge < -0.3 is 9.47 Å². The molecular weight excluding hydrogens is 288 g/mol. The maximum absolute atomic E-state index is 13.0. The first kappa shape index (κ1) is 15.7. The zero-order chi connectivity index (χ0) is 16.8. The summed E-state index contributed by atoms with van der Waals surface area (Å²) in [7, 11) is 0. The van der Waals surface area contributed by atoms with Gasteiger partial charge in [0.2, 0.25) is 5.91 Å². The summed E-state index contributed by atoms with van der Waals surface area (Å²) >= 11 is 0. The minimum Gasteiger partial charge on any atom is -0.340 e. The minimum absolute atomic E-state index is 0.0864. The van der Waals surface area contributed by atoms with Crippen LogP contribution in [0.5, 0.6) is 0 Å². The van der Waals surface area contributed by atoms with Crippen LogP contribution in [0.4, 0.5) is 0 Å². The smallest absolute Gasteiger partial charge is 0.248 e. The van der Waals surface area contributed by atoms with Crippen LogP contribution in [-0.2, 0) is 28.8 Å². The van der Waals surface area contributed by atoms with Crippen molar-refractivity contribution < 1.29 is 4.79 Å². The van der Waals surface area contributed by atoms with Crippen molar-refractivity contribution in [2.24, 2.45) is 0 Å². The molecule has 0 atom stereocenters. The van der Waals surface area contributed by atoms with Crippen LogP contribution in [0.1, 0.15) is 51.7 Å². The fraction of sp³-hybridized carbons (Fsp3) is 0.500. The van der Waals surface area contributed by atoms with Crippen LogP contribution in [0.3, 0.4) is 0 Å². The van der Waals surface area contributed by atoms with Crippen LogP contribution >= 0.6 is 0 Å². The summed E-state index contributed by atoms with van der Waals surface area (Å²) in [6.45, 7) is 11.3. The van der Waals surface area contributed by atoms with Gasteiger partial charge in [0.05, 0.1) is 12.2 Å². The Balaban J connectivity index is 1.83. The van der Waals surface area contributed by atoms with E-state index >= 15 is 0 Å². The lowest BCUT2D eigenvalue weighted by molar-refractivity contribution is -0.140. The maximum Gasteiger partial charge on any atom is 0.248 e. The van der Waals surface area contributed by atoms with Gasteiger partial charge in [-0.1, -0.05) is 20.8 Å². The van der Waals surface area contributed by atoms with Crippen molar-refractivity contribution in [1.29, 1.82) is 0 Å². The van der Waals surface area contributed by atoms with Gasteiger partial charge in [0, 0.05) is 36.1 Å². The number of fused-ring (bicyclic) bond motifs is 1. The van der Waals surface area contributed by atoms with Crippen molar-refractivity contribution in [3.8, 4) is 0 Å². The van der Waals surface area contributed by atoms with Gasteiger partial charge in [-0.15, -0.1) is 0 Å². The summed E-state index contributed by atoms with van der Waals surface area (Å²) in [5, 5.41) is 0. The van der Waals surface area contributed by atoms with E-state index in [1.807, 2.05) is 54.0 Å². The number of hydrogen-bond acceptors (Lipinski definition) is 3. The van der Waals surface area contributed by atoms with Crippen LogP contribution < -0.4 is 0 Å². The number of carbonyl (C=O) groups is 1. The Morgan fingerprint density at radius 1 is 1.09 bits per heavy atom. The summed E-state index contributed by atoms with van der Waals surface area (Å²) in [5.41, 5.74) is 1.33. The Hall–Kier alpha value is -2.17. The Bertz CT molecular complexity index is 726. The molecule has 0 spiro atoms. The summed E-state index contributed by atoms with van der Waals surface area (Å²) in [6.07, 6.45) is 5.73. The molecule has 0 fully saturated rings. The molecule has 0 radical (unpaired) electrons. The molecule has 1 aliphatic rings. The lowest BCUT2D eigenvalue weighted by atomic mass is 9.95. The van der Waals surface area contributed by atoms with Crippen molar-refractivity contribution in [1.82, 2.24) is 19.4 Å². The monoisotopic (exact) mass is 312 g/mol. The molecule has 0 saturated carbocycles. The molecule has 3 heterocycles. The highest BCUT2D eigenvalue weighted by molar-refractivity contribution is 5.84. The molecule has 1 amide bonds. The minimum atomic E-state index is -0.605. The quantitative estimate of drug-likeness (QED) is 0.857. The van der Waals surface area contributed by atoms with Gasteiger partial charge in [0.1, 0.15) is 11.4 Å². The van der Waals surface area contributed by atoms with Crippen molar-refractivity contribution in [2.75, 3.05) is 0 Å². The van der Waals surface area contributed by atoms with Gasteiger partial charge in [-0.25, -0.2) is 9.97 Å². The lowest BCUT2D eigenvalue weighted by Gasteiger charge is -2.30. The van der Waals surface area contributed by atoms with Crippen LogP contribution in [0.25, 0.3) is 0 Å². The third kappa shape index (κ3) is 2.76. The zero-order valence-corrected chi connectivity index (χ0v) is 14.5. The van der Waals surface area contributed by atoms with Crippen LogP contribution in [0.15, 0.2) is 30.7 Å². The number of nitrogens with zero attached hydrogens (tertiary/aromatic N) is 4. The molecule has 3 rings (SSSR count). The second-order valence-electron chi connectivity index (χ2n) is 7.73. The van der Waals surface area contributed by atoms with E-state index in [-0.39, 0.29) is 11.3 Å². The number of hydrogen-bond donors (Lipinski definition) is 0. The summed E-state index contributed by atoms with van der Waals surface area (Å²) < 4.78 is 1.95. The van der Waals surface area contributed by atoms with Crippen molar-refractivity contribution in [3.63, 3.8) is 0 Å².